The van der Waals surface area contributed by atoms with Gasteiger partial charge in [0.2, 0.25) is 0 Å². The van der Waals surface area contributed by atoms with Crippen LogP contribution in [-0.2, 0) is 0 Å². The summed E-state index contributed by atoms with van der Waals surface area (Å²) in [4.78, 5) is 3.83. The molecule has 0 spiro atoms. The molecular weight excluding hydrogens is 108 g/mol. The summed E-state index contributed by atoms with van der Waals surface area (Å²) in [6.07, 6.45) is 0. The maximum Gasteiger partial charge on any atom is 0.146 e. The Balaban J connectivity index is 2.47. The number of hydrogen-bond donors (Lipinski definition) is 0. The van der Waals surface area contributed by atoms with Gasteiger partial charge in [-0.1, -0.05) is 0 Å². The van der Waals surface area contributed by atoms with Crippen molar-refractivity contribution in [2.45, 2.75) is 6.04 Å². The van der Waals surface area contributed by atoms with Crippen molar-refractivity contribution in [3.63, 3.8) is 0 Å². The molecule has 3 heteroatoms. The van der Waals surface area contributed by atoms with Gasteiger partial charge in [0, 0.05) is 5.75 Å². The number of nitrogens with zero attached hydrogens (tertiary/aromatic N) is 2. The first-order chi connectivity index (χ1) is 3.43. The van der Waals surface area contributed by atoms with Gasteiger partial charge in [-0.3, -0.25) is 4.99 Å². The number of nitriles is 1. The fraction of sp³-hybridized carbons (Fsp3) is 0.500. The van der Waals surface area contributed by atoms with Crippen LogP contribution in [0.3, 0.4) is 0 Å². The fourth-order valence-corrected chi connectivity index (χ4v) is 1.03. The number of thioether (sulfide) groups is 1. The lowest BCUT2D eigenvalue weighted by molar-refractivity contribution is 0.978. The van der Waals surface area contributed by atoms with E-state index in [2.05, 4.69) is 4.99 Å². The highest BCUT2D eigenvalue weighted by atomic mass is 32.2. The van der Waals surface area contributed by atoms with E-state index in [9.17, 15) is 0 Å². The Bertz CT molecular complexity index is 124. The highest BCUT2D eigenvalue weighted by Gasteiger charge is 2.06. The molecule has 0 bridgehead atoms. The maximum atomic E-state index is 8.19. The molecule has 1 atom stereocenters. The Morgan fingerprint density at radius 2 is 2.86 bits per heavy atom. The zero-order valence-electron chi connectivity index (χ0n) is 3.66. The normalized spacial score (nSPS) is 27.6. The summed E-state index contributed by atoms with van der Waals surface area (Å²) in [6.45, 7) is 0. The fourth-order valence-electron chi connectivity index (χ4n) is 0.364. The smallest absolute Gasteiger partial charge is 0.146 e. The van der Waals surface area contributed by atoms with Gasteiger partial charge in [-0.2, -0.15) is 5.26 Å². The highest BCUT2D eigenvalue weighted by molar-refractivity contribution is 8.12. The van der Waals surface area contributed by atoms with E-state index in [4.69, 9.17) is 5.26 Å². The Morgan fingerprint density at radius 3 is 3.14 bits per heavy atom. The molecular formula is C4H4N2S. The van der Waals surface area contributed by atoms with Crippen molar-refractivity contribution in [2.75, 3.05) is 5.75 Å². The van der Waals surface area contributed by atoms with Crippen LogP contribution in [0.15, 0.2) is 4.99 Å². The molecule has 7 heavy (non-hydrogen) atoms. The van der Waals surface area contributed by atoms with Crippen molar-refractivity contribution in [3.8, 4) is 6.07 Å². The van der Waals surface area contributed by atoms with E-state index >= 15 is 0 Å². The predicted octanol–water partition coefficient (Wildman–Crippen LogP) is 0.654. The minimum atomic E-state index is -0.0648. The SMILES string of the molecule is N#CC1CSC=N1. The van der Waals surface area contributed by atoms with Crippen molar-refractivity contribution in [3.05, 3.63) is 0 Å². The number of rotatable bonds is 0. The van der Waals surface area contributed by atoms with Gasteiger partial charge in [-0.05, 0) is 0 Å². The van der Waals surface area contributed by atoms with Crippen LogP contribution < -0.4 is 0 Å². The van der Waals surface area contributed by atoms with E-state index in [0.29, 0.717) is 0 Å². The molecule has 0 aromatic carbocycles. The van der Waals surface area contributed by atoms with Crippen LogP contribution in [-0.4, -0.2) is 17.3 Å². The summed E-state index contributed by atoms with van der Waals surface area (Å²) >= 11 is 1.59. The molecule has 1 rings (SSSR count). The quantitative estimate of drug-likeness (QED) is 0.461. The van der Waals surface area contributed by atoms with Gasteiger partial charge in [-0.15, -0.1) is 11.8 Å². The molecule has 0 saturated carbocycles. The average molecular weight is 112 g/mol. The van der Waals surface area contributed by atoms with Gasteiger partial charge in [0.15, 0.2) is 0 Å². The van der Waals surface area contributed by atoms with Gasteiger partial charge in [0.05, 0.1) is 11.6 Å². The monoisotopic (exact) mass is 112 g/mol. The Labute approximate surface area is 46.2 Å². The molecule has 1 heterocycles. The lowest BCUT2D eigenvalue weighted by Crippen LogP contribution is -1.96. The molecule has 1 aliphatic heterocycles. The van der Waals surface area contributed by atoms with Crippen molar-refractivity contribution in [1.82, 2.24) is 0 Å². The molecule has 1 aliphatic rings. The van der Waals surface area contributed by atoms with Crippen molar-refractivity contribution < 1.29 is 0 Å². The number of aliphatic imine (C=N–C) groups is 1. The van der Waals surface area contributed by atoms with E-state index in [1.165, 1.54) is 0 Å². The van der Waals surface area contributed by atoms with Gasteiger partial charge in [-0.25, -0.2) is 0 Å². The molecule has 0 amide bonds. The Morgan fingerprint density at radius 1 is 2.00 bits per heavy atom. The van der Waals surface area contributed by atoms with E-state index in [0.717, 1.165) is 5.75 Å². The molecule has 0 N–H and O–H groups in total. The van der Waals surface area contributed by atoms with E-state index in [1.807, 2.05) is 6.07 Å². The summed E-state index contributed by atoms with van der Waals surface area (Å²) in [5.41, 5.74) is 1.73. The van der Waals surface area contributed by atoms with E-state index in [1.54, 1.807) is 17.3 Å². The summed E-state index contributed by atoms with van der Waals surface area (Å²) in [5.74, 6) is 0.844. The number of hydrogen-bond acceptors (Lipinski definition) is 3. The second-order valence-corrected chi connectivity index (χ2v) is 2.11. The highest BCUT2D eigenvalue weighted by Crippen LogP contribution is 2.08. The standard InChI is InChI=1S/C4H4N2S/c5-1-4-2-7-3-6-4/h3-4H,2H2. The summed E-state index contributed by atoms with van der Waals surface area (Å²) in [5, 5.41) is 8.19. The van der Waals surface area contributed by atoms with Crippen LogP contribution >= 0.6 is 11.8 Å². The van der Waals surface area contributed by atoms with Crippen LogP contribution in [0.4, 0.5) is 0 Å². The molecule has 0 aliphatic carbocycles. The average Bonchev–Trinajstić information content (AvgIpc) is 2.14. The third-order valence-corrected chi connectivity index (χ3v) is 1.50. The largest absolute Gasteiger partial charge is 0.267 e. The summed E-state index contributed by atoms with van der Waals surface area (Å²) in [7, 11) is 0. The zero-order valence-corrected chi connectivity index (χ0v) is 4.48. The van der Waals surface area contributed by atoms with Crippen molar-refractivity contribution >= 4 is 17.3 Å². The van der Waals surface area contributed by atoms with Crippen LogP contribution in [0.2, 0.25) is 0 Å². The third-order valence-electron chi connectivity index (χ3n) is 0.718. The molecule has 0 aromatic rings. The predicted molar refractivity (Wildman–Crippen MR) is 30.4 cm³/mol. The van der Waals surface area contributed by atoms with Gasteiger partial charge < -0.3 is 0 Å². The van der Waals surface area contributed by atoms with E-state index in [-0.39, 0.29) is 6.04 Å². The first-order valence-electron chi connectivity index (χ1n) is 1.96. The minimum absolute atomic E-state index is 0.0648. The van der Waals surface area contributed by atoms with Crippen LogP contribution in [0.25, 0.3) is 0 Å². The van der Waals surface area contributed by atoms with Crippen molar-refractivity contribution in [2.24, 2.45) is 4.99 Å². The molecule has 1 unspecified atom stereocenters. The second kappa shape index (κ2) is 1.99. The maximum absolute atomic E-state index is 8.19. The Hall–Kier alpha value is -0.490. The molecule has 0 radical (unpaired) electrons. The summed E-state index contributed by atoms with van der Waals surface area (Å²) in [6, 6.07) is 1.98. The zero-order chi connectivity index (χ0) is 5.11. The molecule has 0 aromatic heterocycles. The third kappa shape index (κ3) is 0.937. The topological polar surface area (TPSA) is 36.1 Å². The van der Waals surface area contributed by atoms with Crippen LogP contribution in [0.1, 0.15) is 0 Å². The lowest BCUT2D eigenvalue weighted by atomic mass is 10.4. The van der Waals surface area contributed by atoms with Gasteiger partial charge in [0.25, 0.3) is 0 Å². The first kappa shape index (κ1) is 4.66. The Kier molecular flexibility index (Phi) is 1.32. The lowest BCUT2D eigenvalue weighted by Gasteiger charge is -1.84. The molecule has 0 fully saturated rings. The van der Waals surface area contributed by atoms with Crippen molar-refractivity contribution in [1.29, 1.82) is 5.26 Å². The molecule has 0 saturated heterocycles. The van der Waals surface area contributed by atoms with Gasteiger partial charge in [0.1, 0.15) is 6.04 Å². The summed E-state index contributed by atoms with van der Waals surface area (Å²) < 4.78 is 0. The van der Waals surface area contributed by atoms with Crippen LogP contribution in [0.5, 0.6) is 0 Å². The van der Waals surface area contributed by atoms with Gasteiger partial charge >= 0.3 is 0 Å². The molecule has 36 valence electrons. The van der Waals surface area contributed by atoms with E-state index < -0.39 is 0 Å². The second-order valence-electron chi connectivity index (χ2n) is 1.23. The first-order valence-corrected chi connectivity index (χ1v) is 3.01. The molecule has 2 nitrogen and oxygen atoms in total. The van der Waals surface area contributed by atoms with Crippen LogP contribution in [0, 0.1) is 11.3 Å². The minimum Gasteiger partial charge on any atom is -0.267 e.